The Morgan fingerprint density at radius 2 is 0.912 bits per heavy atom. The first kappa shape index (κ1) is 43.8. The van der Waals surface area contributed by atoms with Gasteiger partial charge in [-0.25, -0.2) is 0 Å². The van der Waals surface area contributed by atoms with Crippen LogP contribution in [0.3, 0.4) is 0 Å². The Labute approximate surface area is 326 Å². The van der Waals surface area contributed by atoms with Crippen LogP contribution in [0, 0.1) is 0 Å². The van der Waals surface area contributed by atoms with Crippen molar-refractivity contribution in [3.8, 4) is 0 Å². The minimum Gasteiger partial charge on any atom is -0.369 e. The van der Waals surface area contributed by atoms with Crippen LogP contribution in [0.4, 0.5) is 64.1 Å². The Bertz CT molecular complexity index is 2000. The third-order valence-electron chi connectivity index (χ3n) is 9.84. The van der Waals surface area contributed by atoms with Gasteiger partial charge in [-0.1, -0.05) is 64.5 Å². The van der Waals surface area contributed by atoms with Crippen molar-refractivity contribution in [2.45, 2.75) is 74.7 Å². The van der Waals surface area contributed by atoms with Crippen LogP contribution in [0.2, 0.25) is 0 Å². The molecule has 0 unspecified atom stereocenters. The monoisotopic (exact) mass is 884 g/mol. The fourth-order valence-corrected chi connectivity index (χ4v) is 7.27. The molecular weight excluding hydrogens is 852 g/mol. The van der Waals surface area contributed by atoms with Crippen molar-refractivity contribution >= 4 is 33.6 Å². The number of alkyl halides is 12. The summed E-state index contributed by atoms with van der Waals surface area (Å²) in [4.78, 5) is 14.9. The van der Waals surface area contributed by atoms with E-state index in [-0.39, 0.29) is 6.54 Å². The minimum absolute atomic E-state index is 0.268. The molecule has 0 saturated carbocycles. The number of carbonyl (C=O) groups is 1. The van der Waals surface area contributed by atoms with E-state index in [2.05, 4.69) is 15.9 Å². The van der Waals surface area contributed by atoms with Gasteiger partial charge in [0.05, 0.1) is 0 Å². The maximum absolute atomic E-state index is 13.0. The summed E-state index contributed by atoms with van der Waals surface area (Å²) < 4.78 is 157. The Morgan fingerprint density at radius 1 is 0.544 bits per heavy atom. The van der Waals surface area contributed by atoms with E-state index >= 15 is 0 Å². The molecule has 6 rings (SSSR count). The number of benzene rings is 4. The van der Waals surface area contributed by atoms with Crippen LogP contribution in [0.25, 0.3) is 0 Å². The molecule has 18 heteroatoms. The molecule has 0 saturated heterocycles. The number of carbonyl (C=O) groups excluding carboxylic acids is 1. The Hall–Kier alpha value is -4.29. The van der Waals surface area contributed by atoms with Crippen LogP contribution in [-0.2, 0) is 37.1 Å². The number of halogens is 13. The lowest BCUT2D eigenvalue weighted by molar-refractivity contribution is -0.376. The first-order valence-electron chi connectivity index (χ1n) is 17.2. The third kappa shape index (κ3) is 8.92. The molecule has 2 N–H and O–H groups in total. The highest BCUT2D eigenvalue weighted by Crippen LogP contribution is 2.51. The molecule has 57 heavy (non-hydrogen) atoms. The van der Waals surface area contributed by atoms with Crippen LogP contribution in [-0.4, -0.2) is 54.3 Å². The number of aliphatic hydroxyl groups is 2. The second-order valence-electron chi connectivity index (χ2n) is 13.6. The first-order chi connectivity index (χ1) is 26.4. The number of aldehydes is 1. The molecule has 5 nitrogen and oxygen atoms in total. The number of hydrogen-bond acceptors (Lipinski definition) is 5. The van der Waals surface area contributed by atoms with Crippen LogP contribution >= 0.6 is 15.9 Å². The molecule has 4 aromatic rings. The zero-order valence-electron chi connectivity index (χ0n) is 29.4. The quantitative estimate of drug-likeness (QED) is 0.143. The Kier molecular flexibility index (Phi) is 12.4. The van der Waals surface area contributed by atoms with Crippen LogP contribution in [0.15, 0.2) is 89.4 Å². The number of nitrogens with zero attached hydrogens (tertiary/aromatic N) is 2. The molecule has 0 radical (unpaired) electrons. The number of anilines is 2. The van der Waals surface area contributed by atoms with Gasteiger partial charge in [-0.15, -0.1) is 0 Å². The Balaban J connectivity index is 0.000000218. The van der Waals surface area contributed by atoms with Crippen molar-refractivity contribution in [2.75, 3.05) is 22.9 Å². The zero-order chi connectivity index (χ0) is 42.2. The first-order valence-corrected chi connectivity index (χ1v) is 18.0. The van der Waals surface area contributed by atoms with E-state index in [1.165, 1.54) is 12.1 Å². The average molecular weight is 886 g/mol. The van der Waals surface area contributed by atoms with Gasteiger partial charge in [0.15, 0.2) is 0 Å². The number of hydrogen-bond donors (Lipinski definition) is 2. The van der Waals surface area contributed by atoms with Crippen LogP contribution in [0.1, 0.15) is 56.6 Å². The van der Waals surface area contributed by atoms with Gasteiger partial charge < -0.3 is 20.0 Å². The summed E-state index contributed by atoms with van der Waals surface area (Å²) >= 11 is 3.41. The molecule has 0 bridgehead atoms. The lowest BCUT2D eigenvalue weighted by atomic mass is 9.91. The molecule has 2 aliphatic rings. The predicted octanol–water partition coefficient (Wildman–Crippen LogP) is 10.5. The normalized spacial score (nSPS) is 15.4. The van der Waals surface area contributed by atoms with Gasteiger partial charge >= 0.3 is 24.7 Å². The third-order valence-corrected chi connectivity index (χ3v) is 10.3. The molecular formula is C39H33BrF12N2O3. The van der Waals surface area contributed by atoms with Crippen molar-refractivity contribution in [3.63, 3.8) is 0 Å². The molecule has 2 aliphatic heterocycles. The van der Waals surface area contributed by atoms with Gasteiger partial charge in [-0.2, -0.15) is 52.7 Å². The second-order valence-corrected chi connectivity index (χ2v) is 14.6. The summed E-state index contributed by atoms with van der Waals surface area (Å²) in [6, 6.07) is 18.3. The van der Waals surface area contributed by atoms with Crippen molar-refractivity contribution in [1.82, 2.24) is 0 Å². The fourth-order valence-electron chi connectivity index (χ4n) is 6.86. The molecule has 0 atom stereocenters. The lowest BCUT2D eigenvalue weighted by Crippen LogP contribution is -2.53. The van der Waals surface area contributed by atoms with Crippen molar-refractivity contribution in [1.29, 1.82) is 0 Å². The average Bonchev–Trinajstić information content (AvgIpc) is 3.13. The van der Waals surface area contributed by atoms with Crippen LogP contribution < -0.4 is 9.80 Å². The second kappa shape index (κ2) is 16.2. The molecule has 0 aromatic heterocycles. The van der Waals surface area contributed by atoms with Gasteiger partial charge in [0.25, 0.3) is 11.2 Å². The molecule has 2 heterocycles. The summed E-state index contributed by atoms with van der Waals surface area (Å²) in [6.07, 6.45) is -19.5. The highest BCUT2D eigenvalue weighted by atomic mass is 79.9. The largest absolute Gasteiger partial charge is 0.430 e. The number of rotatable bonds is 7. The summed E-state index contributed by atoms with van der Waals surface area (Å²) in [7, 11) is 0. The van der Waals surface area contributed by atoms with E-state index in [1.54, 1.807) is 18.2 Å². The van der Waals surface area contributed by atoms with E-state index in [4.69, 9.17) is 0 Å². The fraction of sp³-hybridized carbons (Fsp3) is 0.359. The maximum atomic E-state index is 13.0. The van der Waals surface area contributed by atoms with Gasteiger partial charge in [0.1, 0.15) is 6.29 Å². The minimum atomic E-state index is -5.91. The molecule has 0 amide bonds. The molecule has 4 aromatic carbocycles. The zero-order valence-corrected chi connectivity index (χ0v) is 31.0. The highest BCUT2D eigenvalue weighted by Gasteiger charge is 2.72. The van der Waals surface area contributed by atoms with E-state index in [0.717, 1.165) is 77.6 Å². The summed E-state index contributed by atoms with van der Waals surface area (Å²) in [5, 5.41) is 18.9. The maximum Gasteiger partial charge on any atom is 0.430 e. The standard InChI is InChI=1S/C20H17F6NO2.C19H16BrF6NO/c21-19(22,23)18(29,20(24,25)26)16-6-3-13(4-7-16)11-27-9-1-2-15-10-14(12-28)5-8-17(15)27;20-15-7-8-16-13(10-15)2-1-9-27(16)11-12-3-5-14(6-4-12)17(28,18(21,22)23)19(24,25)26/h3-8,10,12,29H,1-2,9,11H2;3-8,10,28H,1-2,9,11H2. The molecule has 308 valence electrons. The topological polar surface area (TPSA) is 64.0 Å². The van der Waals surface area contributed by atoms with E-state index in [9.17, 15) is 67.7 Å². The van der Waals surface area contributed by atoms with Gasteiger partial charge in [-0.05, 0) is 84.3 Å². The van der Waals surface area contributed by atoms with Gasteiger partial charge in [-0.3, -0.25) is 4.79 Å². The predicted molar refractivity (Wildman–Crippen MR) is 190 cm³/mol. The van der Waals surface area contributed by atoms with E-state index in [1.807, 2.05) is 28.0 Å². The molecule has 0 aliphatic carbocycles. The molecule has 0 fully saturated rings. The Morgan fingerprint density at radius 3 is 1.28 bits per heavy atom. The van der Waals surface area contributed by atoms with Gasteiger partial charge in [0.2, 0.25) is 0 Å². The SMILES string of the molecule is O=Cc1ccc2c(c1)CCCN2Cc1ccc(C(O)(C(F)(F)F)C(F)(F)F)cc1.OC(c1ccc(CN2CCCc3cc(Br)ccc32)cc1)(C(F)(F)F)C(F)(F)F. The smallest absolute Gasteiger partial charge is 0.369 e. The molecule has 0 spiro atoms. The van der Waals surface area contributed by atoms with Gasteiger partial charge in [0, 0.05) is 58.7 Å². The van der Waals surface area contributed by atoms with E-state index < -0.39 is 47.0 Å². The highest BCUT2D eigenvalue weighted by molar-refractivity contribution is 9.10. The number of aryl methyl sites for hydroxylation is 2. The lowest BCUT2D eigenvalue weighted by Gasteiger charge is -2.33. The summed E-state index contributed by atoms with van der Waals surface area (Å²) in [6.45, 7) is 1.99. The van der Waals surface area contributed by atoms with Crippen molar-refractivity contribution in [2.24, 2.45) is 0 Å². The summed E-state index contributed by atoms with van der Waals surface area (Å²) in [5.41, 5.74) is -6.85. The van der Waals surface area contributed by atoms with E-state index in [0.29, 0.717) is 54.0 Å². The number of fused-ring (bicyclic) bond motifs is 2. The summed E-state index contributed by atoms with van der Waals surface area (Å²) in [5.74, 6) is 0. The van der Waals surface area contributed by atoms with Crippen molar-refractivity contribution in [3.05, 3.63) is 128 Å². The van der Waals surface area contributed by atoms with Crippen molar-refractivity contribution < 1.29 is 67.7 Å². The van der Waals surface area contributed by atoms with Crippen LogP contribution in [0.5, 0.6) is 0 Å².